The third-order valence-electron chi connectivity index (χ3n) is 12.7. The van der Waals surface area contributed by atoms with Gasteiger partial charge in [-0.3, -0.25) is 19.2 Å². The number of aliphatic hydroxyl groups excluding tert-OH is 1. The topological polar surface area (TPSA) is 185 Å². The number of benzene rings is 2. The number of carbonyl (C=O) groups is 5. The summed E-state index contributed by atoms with van der Waals surface area (Å²) in [4.78, 5) is 77.9. The number of β-amino-alcohol motifs (C(OH)–C–C–N with tert-alkyl or cyclic N) is 1. The molecule has 5 atom stereocenters. The molecule has 6 rings (SSSR count). The Bertz CT molecular complexity index is 2030. The molecular weight excluding hydrogens is 839 g/mol. The normalized spacial score (nSPS) is 20.1. The Hall–Kier alpha value is -4.51. The van der Waals surface area contributed by atoms with Gasteiger partial charge in [0.05, 0.1) is 28.2 Å². The smallest absolute Gasteiger partial charge is 0.404 e. The highest BCUT2D eigenvalue weighted by molar-refractivity contribution is 7.99. The van der Waals surface area contributed by atoms with E-state index in [0.717, 1.165) is 65.5 Å². The molecule has 0 unspecified atom stereocenters. The molecule has 0 radical (unpaired) electrons. The Balaban J connectivity index is 0.899. The Morgan fingerprint density at radius 3 is 2.27 bits per heavy atom. The number of thioether (sulfide) groups is 1. The Kier molecular flexibility index (Phi) is 16.3. The molecule has 3 fully saturated rings. The number of rotatable bonds is 18. The summed E-state index contributed by atoms with van der Waals surface area (Å²) < 4.78 is 0. The summed E-state index contributed by atoms with van der Waals surface area (Å²) in [6.45, 7) is 13.6. The van der Waals surface area contributed by atoms with Crippen LogP contribution in [0.5, 0.6) is 0 Å². The first-order valence-corrected chi connectivity index (χ1v) is 24.1. The van der Waals surface area contributed by atoms with Crippen LogP contribution < -0.4 is 16.0 Å². The SMILES string of the molecule is Cc1ncsc1-c1ccc([C@H](C)NC(=O)[C@@H]2C[C@@H](O)CN2C(=O)[C@@H](NC(=O)CCCCC(=O)N2CCC3(CC2)CN(CC[C@H](CSc2ccccc2)NC(=O)O)C3)C(C)(C)C)cc1. The van der Waals surface area contributed by atoms with Crippen LogP contribution in [0.2, 0.25) is 0 Å². The van der Waals surface area contributed by atoms with Crippen LogP contribution in [0.4, 0.5) is 4.79 Å². The molecule has 0 aliphatic carbocycles. The highest BCUT2D eigenvalue weighted by atomic mass is 32.2. The van der Waals surface area contributed by atoms with Crippen molar-refractivity contribution in [2.24, 2.45) is 10.8 Å². The standard InChI is InChI=1S/C47H65N7O7S2/c1-31(33-15-17-34(18-16-33)41-32(2)48-30-63-41)49-43(58)38-25-36(55)26-54(38)44(59)42(46(3,4)5)51-39(56)13-9-10-14-40(57)53-23-20-47(21-24-53)28-52(29-47)22-19-35(50-45(60)61)27-62-37-11-7-6-8-12-37/h6-8,11-12,15-18,30-31,35-36,38,42,50,55H,9-10,13-14,19-29H2,1-5H3,(H,49,58)(H,51,56)(H,60,61)/t31-,35+,36+,38-,42+/m0/s1. The van der Waals surface area contributed by atoms with Crippen molar-refractivity contribution in [1.82, 2.24) is 35.6 Å². The van der Waals surface area contributed by atoms with Gasteiger partial charge in [0.25, 0.3) is 0 Å². The molecule has 63 heavy (non-hydrogen) atoms. The van der Waals surface area contributed by atoms with Gasteiger partial charge < -0.3 is 40.9 Å². The van der Waals surface area contributed by atoms with E-state index in [4.69, 9.17) is 0 Å². The minimum Gasteiger partial charge on any atom is -0.465 e. The third-order valence-corrected chi connectivity index (χ3v) is 14.9. The van der Waals surface area contributed by atoms with E-state index in [9.17, 15) is 34.2 Å². The Labute approximate surface area is 380 Å². The number of nitrogens with one attached hydrogen (secondary N) is 3. The van der Waals surface area contributed by atoms with E-state index in [1.165, 1.54) is 4.90 Å². The van der Waals surface area contributed by atoms with Crippen LogP contribution in [0.1, 0.15) is 96.4 Å². The molecule has 3 saturated heterocycles. The number of nitrogens with zero attached hydrogens (tertiary/aromatic N) is 4. The molecule has 3 aliphatic heterocycles. The van der Waals surface area contributed by atoms with Crippen molar-refractivity contribution in [3.8, 4) is 10.4 Å². The van der Waals surface area contributed by atoms with Crippen LogP contribution in [0.3, 0.4) is 0 Å². The third kappa shape index (κ3) is 13.0. The van der Waals surface area contributed by atoms with Crippen molar-refractivity contribution < 1.29 is 34.2 Å². The molecule has 0 bridgehead atoms. The first-order valence-electron chi connectivity index (χ1n) is 22.3. The van der Waals surface area contributed by atoms with Crippen molar-refractivity contribution >= 4 is 52.8 Å². The molecule has 4 heterocycles. The second-order valence-electron chi connectivity index (χ2n) is 18.7. The number of aliphatic hydroxyl groups is 1. The van der Waals surface area contributed by atoms with Gasteiger partial charge in [0.2, 0.25) is 23.6 Å². The highest BCUT2D eigenvalue weighted by Crippen LogP contribution is 2.41. The van der Waals surface area contributed by atoms with Gasteiger partial charge in [0.15, 0.2) is 0 Å². The van der Waals surface area contributed by atoms with Crippen molar-refractivity contribution in [3.05, 3.63) is 71.4 Å². The second kappa shape index (κ2) is 21.4. The van der Waals surface area contributed by atoms with Crippen molar-refractivity contribution in [1.29, 1.82) is 0 Å². The Morgan fingerprint density at radius 1 is 0.952 bits per heavy atom. The lowest BCUT2D eigenvalue weighted by atomic mass is 9.72. The fourth-order valence-electron chi connectivity index (χ4n) is 9.00. The van der Waals surface area contributed by atoms with Gasteiger partial charge in [-0.05, 0) is 80.0 Å². The van der Waals surface area contributed by atoms with Crippen molar-refractivity contribution in [2.75, 3.05) is 45.0 Å². The number of carboxylic acid groups (broad SMARTS) is 1. The number of hydrogen-bond donors (Lipinski definition) is 5. The molecule has 5 amide bonds. The van der Waals surface area contributed by atoms with Crippen LogP contribution >= 0.6 is 23.1 Å². The highest BCUT2D eigenvalue weighted by Gasteiger charge is 2.46. The number of unbranched alkanes of at least 4 members (excludes halogenated alkanes) is 1. The summed E-state index contributed by atoms with van der Waals surface area (Å²) >= 11 is 3.23. The first kappa shape index (κ1) is 48.0. The van der Waals surface area contributed by atoms with E-state index in [1.54, 1.807) is 23.1 Å². The quantitative estimate of drug-likeness (QED) is 0.0740. The van der Waals surface area contributed by atoms with E-state index < -0.39 is 35.6 Å². The van der Waals surface area contributed by atoms with Gasteiger partial charge >= 0.3 is 6.09 Å². The molecule has 342 valence electrons. The minimum atomic E-state index is -1.00. The molecule has 3 aromatic rings. The number of likely N-dealkylation sites (tertiary alicyclic amines) is 3. The summed E-state index contributed by atoms with van der Waals surface area (Å²) in [7, 11) is 0. The number of thiazole rings is 1. The zero-order valence-electron chi connectivity index (χ0n) is 37.3. The zero-order chi connectivity index (χ0) is 45.3. The van der Waals surface area contributed by atoms with Gasteiger partial charge in [-0.2, -0.15) is 0 Å². The van der Waals surface area contributed by atoms with Crippen LogP contribution in [0.15, 0.2) is 65.0 Å². The molecule has 1 aromatic heterocycles. The number of hydrogen-bond acceptors (Lipinski definition) is 10. The molecule has 5 N–H and O–H groups in total. The first-order chi connectivity index (χ1) is 30.0. The van der Waals surface area contributed by atoms with E-state index in [0.29, 0.717) is 38.1 Å². The molecule has 2 aromatic carbocycles. The maximum atomic E-state index is 14.1. The van der Waals surface area contributed by atoms with E-state index in [1.807, 2.05) is 99.6 Å². The number of aryl methyl sites for hydroxylation is 1. The summed E-state index contributed by atoms with van der Waals surface area (Å²) in [5.41, 5.74) is 4.27. The lowest BCUT2D eigenvalue weighted by molar-refractivity contribution is -0.144. The predicted octanol–water partition coefficient (Wildman–Crippen LogP) is 6.09. The summed E-state index contributed by atoms with van der Waals surface area (Å²) in [5.74, 6) is -0.294. The lowest BCUT2D eigenvalue weighted by Gasteiger charge is -2.54. The van der Waals surface area contributed by atoms with Crippen LogP contribution in [-0.2, 0) is 19.2 Å². The number of amides is 5. The summed E-state index contributed by atoms with van der Waals surface area (Å²) in [6.07, 6.45) is 2.42. The van der Waals surface area contributed by atoms with E-state index in [2.05, 4.69) is 25.8 Å². The maximum Gasteiger partial charge on any atom is 0.404 e. The summed E-state index contributed by atoms with van der Waals surface area (Å²) in [5, 5.41) is 28.7. The number of carbonyl (C=O) groups excluding carboxylic acids is 4. The van der Waals surface area contributed by atoms with Gasteiger partial charge in [-0.25, -0.2) is 9.78 Å². The van der Waals surface area contributed by atoms with Crippen LogP contribution in [0.25, 0.3) is 10.4 Å². The fourth-order valence-corrected chi connectivity index (χ4v) is 10.8. The largest absolute Gasteiger partial charge is 0.465 e. The van der Waals surface area contributed by atoms with Gasteiger partial charge in [-0.15, -0.1) is 23.1 Å². The number of piperidine rings is 1. The second-order valence-corrected chi connectivity index (χ2v) is 20.7. The molecule has 0 saturated carbocycles. The monoisotopic (exact) mass is 903 g/mol. The van der Waals surface area contributed by atoms with Crippen LogP contribution in [-0.4, -0.2) is 129 Å². The molecule has 1 spiro atoms. The van der Waals surface area contributed by atoms with E-state index in [-0.39, 0.29) is 54.6 Å². The Morgan fingerprint density at radius 2 is 1.63 bits per heavy atom. The maximum absolute atomic E-state index is 14.1. The zero-order valence-corrected chi connectivity index (χ0v) is 38.9. The molecule has 3 aliphatic rings. The van der Waals surface area contributed by atoms with E-state index >= 15 is 0 Å². The summed E-state index contributed by atoms with van der Waals surface area (Å²) in [6, 6.07) is 15.7. The molecule has 16 heteroatoms. The van der Waals surface area contributed by atoms with Gasteiger partial charge in [0.1, 0.15) is 12.1 Å². The van der Waals surface area contributed by atoms with Gasteiger partial charge in [-0.1, -0.05) is 63.2 Å². The molecular formula is C47H65N7O7S2. The van der Waals surface area contributed by atoms with Crippen molar-refractivity contribution in [3.63, 3.8) is 0 Å². The van der Waals surface area contributed by atoms with Crippen LogP contribution in [0, 0.1) is 17.8 Å². The fraction of sp³-hybridized carbons (Fsp3) is 0.574. The average Bonchev–Trinajstić information content (AvgIpc) is 3.86. The molecule has 14 nitrogen and oxygen atoms in total. The predicted molar refractivity (Wildman–Crippen MR) is 246 cm³/mol. The average molecular weight is 904 g/mol. The number of aromatic nitrogens is 1. The van der Waals surface area contributed by atoms with Gasteiger partial charge in [0, 0.05) is 75.2 Å². The van der Waals surface area contributed by atoms with Crippen molar-refractivity contribution in [2.45, 2.75) is 121 Å². The lowest BCUT2D eigenvalue weighted by Crippen LogP contribution is -2.61. The minimum absolute atomic E-state index is 0.00372.